The molecular weight excluding hydrogens is 285 g/mol. The van der Waals surface area contributed by atoms with E-state index < -0.39 is 0 Å². The summed E-state index contributed by atoms with van der Waals surface area (Å²) in [6.07, 6.45) is 0. The molecule has 0 amide bonds. The number of rotatable bonds is 5. The van der Waals surface area contributed by atoms with Crippen molar-refractivity contribution in [2.75, 3.05) is 7.05 Å². The van der Waals surface area contributed by atoms with E-state index in [1.54, 1.807) is 12.1 Å². The number of aromatic nitrogens is 2. The Balaban J connectivity index is 1.65. The highest BCUT2D eigenvalue weighted by Gasteiger charge is 2.12. The molecule has 0 atom stereocenters. The van der Waals surface area contributed by atoms with Crippen molar-refractivity contribution in [2.24, 2.45) is 0 Å². The van der Waals surface area contributed by atoms with E-state index in [0.29, 0.717) is 24.8 Å². The zero-order valence-electron chi connectivity index (χ0n) is 12.4. The van der Waals surface area contributed by atoms with Crippen molar-refractivity contribution >= 4 is 0 Å². The summed E-state index contributed by atoms with van der Waals surface area (Å²) in [6, 6.07) is 9.87. The van der Waals surface area contributed by atoms with Gasteiger partial charge in [-0.1, -0.05) is 5.16 Å². The fraction of sp³-hybridized carbons (Fsp3) is 0.250. The highest BCUT2D eigenvalue weighted by atomic mass is 19.1. The van der Waals surface area contributed by atoms with E-state index >= 15 is 0 Å². The van der Waals surface area contributed by atoms with Crippen LogP contribution in [0.2, 0.25) is 0 Å². The Morgan fingerprint density at radius 3 is 2.55 bits per heavy atom. The molecule has 3 aromatic rings. The second-order valence-electron chi connectivity index (χ2n) is 5.20. The largest absolute Gasteiger partial charge is 0.465 e. The van der Waals surface area contributed by atoms with Gasteiger partial charge in [0.15, 0.2) is 0 Å². The van der Waals surface area contributed by atoms with Gasteiger partial charge in [-0.05, 0) is 50.4 Å². The molecule has 2 heterocycles. The first-order chi connectivity index (χ1) is 10.6. The second-order valence-corrected chi connectivity index (χ2v) is 5.20. The standard InChI is InChI=1S/C16H16FN3O2/c1-11-3-8-14(21-11)9-20(2)10-15-18-16(19-22-15)12-4-6-13(17)7-5-12/h3-8H,9-10H2,1-2H3. The normalized spacial score (nSPS) is 11.3. The number of furan rings is 1. The third kappa shape index (κ3) is 3.40. The number of nitrogens with zero attached hydrogens (tertiary/aromatic N) is 3. The van der Waals surface area contributed by atoms with Crippen LogP contribution < -0.4 is 0 Å². The summed E-state index contributed by atoms with van der Waals surface area (Å²) in [6.45, 7) is 3.08. The van der Waals surface area contributed by atoms with Gasteiger partial charge in [-0.25, -0.2) is 4.39 Å². The molecule has 0 aliphatic rings. The van der Waals surface area contributed by atoms with Crippen LogP contribution in [0.5, 0.6) is 0 Å². The van der Waals surface area contributed by atoms with Gasteiger partial charge in [0.05, 0.1) is 13.1 Å². The van der Waals surface area contributed by atoms with E-state index in [9.17, 15) is 4.39 Å². The molecule has 114 valence electrons. The fourth-order valence-electron chi connectivity index (χ4n) is 2.16. The van der Waals surface area contributed by atoms with Crippen LogP contribution in [0.1, 0.15) is 17.4 Å². The molecule has 5 nitrogen and oxygen atoms in total. The molecule has 2 aromatic heterocycles. The van der Waals surface area contributed by atoms with Gasteiger partial charge in [0.25, 0.3) is 0 Å². The Morgan fingerprint density at radius 1 is 1.09 bits per heavy atom. The lowest BCUT2D eigenvalue weighted by atomic mass is 10.2. The molecular formula is C16H16FN3O2. The zero-order valence-corrected chi connectivity index (χ0v) is 12.4. The summed E-state index contributed by atoms with van der Waals surface area (Å²) in [7, 11) is 1.94. The molecule has 0 saturated carbocycles. The summed E-state index contributed by atoms with van der Waals surface area (Å²) in [5.41, 5.74) is 0.723. The summed E-state index contributed by atoms with van der Waals surface area (Å²) >= 11 is 0. The molecule has 22 heavy (non-hydrogen) atoms. The van der Waals surface area contributed by atoms with E-state index in [2.05, 4.69) is 10.1 Å². The summed E-state index contributed by atoms with van der Waals surface area (Å²) < 4.78 is 23.7. The first-order valence-corrected chi connectivity index (χ1v) is 6.92. The van der Waals surface area contributed by atoms with E-state index in [1.165, 1.54) is 12.1 Å². The van der Waals surface area contributed by atoms with Gasteiger partial charge in [-0.2, -0.15) is 4.98 Å². The monoisotopic (exact) mass is 301 g/mol. The van der Waals surface area contributed by atoms with Crippen LogP contribution in [-0.4, -0.2) is 22.1 Å². The molecule has 0 radical (unpaired) electrons. The number of aryl methyl sites for hydroxylation is 1. The van der Waals surface area contributed by atoms with Crippen LogP contribution >= 0.6 is 0 Å². The minimum Gasteiger partial charge on any atom is -0.465 e. The molecule has 0 aliphatic heterocycles. The SMILES string of the molecule is Cc1ccc(CN(C)Cc2nc(-c3ccc(F)cc3)no2)o1. The van der Waals surface area contributed by atoms with Crippen molar-refractivity contribution in [1.29, 1.82) is 0 Å². The van der Waals surface area contributed by atoms with Crippen LogP contribution in [0.25, 0.3) is 11.4 Å². The predicted molar refractivity (Wildman–Crippen MR) is 78.3 cm³/mol. The van der Waals surface area contributed by atoms with Crippen molar-refractivity contribution in [3.63, 3.8) is 0 Å². The van der Waals surface area contributed by atoms with Crippen molar-refractivity contribution in [1.82, 2.24) is 15.0 Å². The molecule has 0 fully saturated rings. The summed E-state index contributed by atoms with van der Waals surface area (Å²) in [4.78, 5) is 6.34. The highest BCUT2D eigenvalue weighted by Crippen LogP contribution is 2.17. The van der Waals surface area contributed by atoms with E-state index in [-0.39, 0.29) is 5.82 Å². The number of hydrogen-bond donors (Lipinski definition) is 0. The number of hydrogen-bond acceptors (Lipinski definition) is 5. The Labute approximate surface area is 127 Å². The molecule has 0 bridgehead atoms. The minimum atomic E-state index is -0.291. The van der Waals surface area contributed by atoms with Gasteiger partial charge in [0, 0.05) is 5.56 Å². The topological polar surface area (TPSA) is 55.3 Å². The average Bonchev–Trinajstić information content (AvgIpc) is 3.09. The molecule has 6 heteroatoms. The molecule has 0 unspecified atom stereocenters. The molecule has 0 spiro atoms. The molecule has 0 N–H and O–H groups in total. The maximum absolute atomic E-state index is 12.9. The molecule has 3 rings (SSSR count). The van der Waals surface area contributed by atoms with Crippen molar-refractivity contribution in [3.8, 4) is 11.4 Å². The van der Waals surface area contributed by atoms with Gasteiger partial charge in [0.1, 0.15) is 17.3 Å². The van der Waals surface area contributed by atoms with E-state index in [4.69, 9.17) is 8.94 Å². The highest BCUT2D eigenvalue weighted by molar-refractivity contribution is 5.53. The van der Waals surface area contributed by atoms with Crippen molar-refractivity contribution in [3.05, 3.63) is 59.6 Å². The molecule has 0 saturated heterocycles. The third-order valence-corrected chi connectivity index (χ3v) is 3.20. The van der Waals surface area contributed by atoms with Gasteiger partial charge in [-0.3, -0.25) is 4.90 Å². The number of halogens is 1. The van der Waals surface area contributed by atoms with Crippen LogP contribution in [0.3, 0.4) is 0 Å². The lowest BCUT2D eigenvalue weighted by Crippen LogP contribution is -2.17. The predicted octanol–water partition coefficient (Wildman–Crippen LogP) is 3.41. The maximum Gasteiger partial charge on any atom is 0.241 e. The summed E-state index contributed by atoms with van der Waals surface area (Å²) in [5.74, 6) is 2.45. The Kier molecular flexibility index (Phi) is 4.02. The zero-order chi connectivity index (χ0) is 15.5. The second kappa shape index (κ2) is 6.11. The average molecular weight is 301 g/mol. The fourth-order valence-corrected chi connectivity index (χ4v) is 2.16. The first kappa shape index (κ1) is 14.5. The van der Waals surface area contributed by atoms with Gasteiger partial charge in [0.2, 0.25) is 11.7 Å². The van der Waals surface area contributed by atoms with Crippen molar-refractivity contribution in [2.45, 2.75) is 20.0 Å². The first-order valence-electron chi connectivity index (χ1n) is 6.92. The number of benzene rings is 1. The minimum absolute atomic E-state index is 0.291. The Bertz CT molecular complexity index is 749. The van der Waals surface area contributed by atoms with Crippen LogP contribution in [0, 0.1) is 12.7 Å². The molecule has 1 aromatic carbocycles. The quantitative estimate of drug-likeness (QED) is 0.723. The third-order valence-electron chi connectivity index (χ3n) is 3.20. The van der Waals surface area contributed by atoms with Crippen LogP contribution in [-0.2, 0) is 13.1 Å². The van der Waals surface area contributed by atoms with Crippen molar-refractivity contribution < 1.29 is 13.3 Å². The Morgan fingerprint density at radius 2 is 1.86 bits per heavy atom. The van der Waals surface area contributed by atoms with Gasteiger partial charge >= 0.3 is 0 Å². The smallest absolute Gasteiger partial charge is 0.241 e. The molecule has 0 aliphatic carbocycles. The van der Waals surface area contributed by atoms with Crippen LogP contribution in [0.15, 0.2) is 45.3 Å². The summed E-state index contributed by atoms with van der Waals surface area (Å²) in [5, 5.41) is 3.92. The Hall–Kier alpha value is -2.47. The van der Waals surface area contributed by atoms with Gasteiger partial charge in [-0.15, -0.1) is 0 Å². The van der Waals surface area contributed by atoms with Gasteiger partial charge < -0.3 is 8.94 Å². The lowest BCUT2D eigenvalue weighted by Gasteiger charge is -2.11. The van der Waals surface area contributed by atoms with Crippen LogP contribution in [0.4, 0.5) is 4.39 Å². The lowest BCUT2D eigenvalue weighted by molar-refractivity contribution is 0.243. The maximum atomic E-state index is 12.9. The van der Waals surface area contributed by atoms with E-state index in [0.717, 1.165) is 17.1 Å². The van der Waals surface area contributed by atoms with E-state index in [1.807, 2.05) is 31.0 Å².